The Hall–Kier alpha value is -1.36. The molecule has 1 fully saturated rings. The first-order valence-electron chi connectivity index (χ1n) is 6.27. The first-order chi connectivity index (χ1) is 8.97. The molecule has 0 saturated heterocycles. The minimum atomic E-state index is -0.798. The maximum atomic E-state index is 12.1. The Labute approximate surface area is 120 Å². The van der Waals surface area contributed by atoms with Gasteiger partial charge in [0, 0.05) is 16.1 Å². The molecule has 1 aliphatic rings. The van der Waals surface area contributed by atoms with Crippen LogP contribution in [0.15, 0.2) is 22.7 Å². The number of carboxylic acid groups (broad SMARTS) is 1. The third-order valence-corrected chi connectivity index (χ3v) is 4.45. The third kappa shape index (κ3) is 3.35. The van der Waals surface area contributed by atoms with Gasteiger partial charge in [0.15, 0.2) is 0 Å². The lowest BCUT2D eigenvalue weighted by Gasteiger charge is -2.11. The van der Waals surface area contributed by atoms with Crippen molar-refractivity contribution >= 4 is 33.5 Å². The highest BCUT2D eigenvalue weighted by molar-refractivity contribution is 9.10. The summed E-state index contributed by atoms with van der Waals surface area (Å²) in [7, 11) is 0. The molecule has 2 rings (SSSR count). The van der Waals surface area contributed by atoms with Crippen LogP contribution in [-0.4, -0.2) is 17.0 Å². The number of nitrogens with one attached hydrogen (secondary N) is 1. The van der Waals surface area contributed by atoms with Crippen LogP contribution in [0.4, 0.5) is 5.69 Å². The second-order valence-corrected chi connectivity index (χ2v) is 5.85. The van der Waals surface area contributed by atoms with Crippen molar-refractivity contribution in [3.05, 3.63) is 28.2 Å². The van der Waals surface area contributed by atoms with Gasteiger partial charge in [-0.05, 0) is 43.9 Å². The summed E-state index contributed by atoms with van der Waals surface area (Å²) < 4.78 is 0.945. The minimum absolute atomic E-state index is 0.0838. The van der Waals surface area contributed by atoms with Crippen molar-refractivity contribution in [3.63, 3.8) is 0 Å². The second-order valence-electron chi connectivity index (χ2n) is 5.00. The smallest absolute Gasteiger partial charge is 0.306 e. The molecule has 1 aliphatic carbocycles. The highest BCUT2D eigenvalue weighted by Crippen LogP contribution is 2.32. The lowest BCUT2D eigenvalue weighted by Crippen LogP contribution is -2.21. The van der Waals surface area contributed by atoms with E-state index in [1.54, 1.807) is 0 Å². The van der Waals surface area contributed by atoms with E-state index >= 15 is 0 Å². The summed E-state index contributed by atoms with van der Waals surface area (Å²) >= 11 is 3.42. The van der Waals surface area contributed by atoms with E-state index in [2.05, 4.69) is 21.2 Å². The van der Waals surface area contributed by atoms with Gasteiger partial charge in [-0.3, -0.25) is 9.59 Å². The highest BCUT2D eigenvalue weighted by Gasteiger charge is 2.33. The fraction of sp³-hybridized carbons (Fsp3) is 0.429. The van der Waals surface area contributed by atoms with E-state index < -0.39 is 5.97 Å². The molecule has 1 amide bonds. The molecule has 0 heterocycles. The standard InChI is InChI=1S/C14H16BrNO3/c1-8-2-5-11(7-12(8)15)16-13(17)9-3-4-10(6-9)14(18)19/h2,5,7,9-10H,3-4,6H2,1H3,(H,16,17)(H,18,19)/t9-,10+/m1/s1. The predicted octanol–water partition coefficient (Wildman–Crippen LogP) is 3.20. The number of anilines is 1. The van der Waals surface area contributed by atoms with Crippen molar-refractivity contribution in [1.29, 1.82) is 0 Å². The van der Waals surface area contributed by atoms with Crippen LogP contribution in [0.1, 0.15) is 24.8 Å². The third-order valence-electron chi connectivity index (χ3n) is 3.59. The van der Waals surface area contributed by atoms with Gasteiger partial charge >= 0.3 is 5.97 Å². The number of hydrogen-bond donors (Lipinski definition) is 2. The topological polar surface area (TPSA) is 66.4 Å². The van der Waals surface area contributed by atoms with Gasteiger partial charge in [0.1, 0.15) is 0 Å². The molecule has 19 heavy (non-hydrogen) atoms. The van der Waals surface area contributed by atoms with Crippen molar-refractivity contribution in [3.8, 4) is 0 Å². The van der Waals surface area contributed by atoms with E-state index in [1.165, 1.54) is 0 Å². The average molecular weight is 326 g/mol. The van der Waals surface area contributed by atoms with Crippen molar-refractivity contribution in [2.45, 2.75) is 26.2 Å². The zero-order valence-electron chi connectivity index (χ0n) is 10.6. The number of carbonyl (C=O) groups excluding carboxylic acids is 1. The van der Waals surface area contributed by atoms with Crippen molar-refractivity contribution in [2.75, 3.05) is 5.32 Å². The molecule has 0 bridgehead atoms. The molecule has 0 radical (unpaired) electrons. The molecule has 0 aromatic heterocycles. The van der Waals surface area contributed by atoms with Gasteiger partial charge in [-0.25, -0.2) is 0 Å². The summed E-state index contributed by atoms with van der Waals surface area (Å²) in [5.41, 5.74) is 1.84. The lowest BCUT2D eigenvalue weighted by molar-refractivity contribution is -0.141. The Kier molecular flexibility index (Phi) is 4.24. The Morgan fingerprint density at radius 1 is 1.32 bits per heavy atom. The monoisotopic (exact) mass is 325 g/mol. The van der Waals surface area contributed by atoms with Gasteiger partial charge in [-0.15, -0.1) is 0 Å². The van der Waals surface area contributed by atoms with Gasteiger partial charge in [-0.2, -0.15) is 0 Å². The minimum Gasteiger partial charge on any atom is -0.481 e. The van der Waals surface area contributed by atoms with Crippen LogP contribution in [0, 0.1) is 18.8 Å². The van der Waals surface area contributed by atoms with E-state index in [0.29, 0.717) is 19.3 Å². The maximum Gasteiger partial charge on any atom is 0.306 e. The Bertz CT molecular complexity index is 515. The molecule has 5 heteroatoms. The highest BCUT2D eigenvalue weighted by atomic mass is 79.9. The molecule has 0 aliphatic heterocycles. The summed E-state index contributed by atoms with van der Waals surface area (Å²) in [4.78, 5) is 22.9. The molecule has 2 N–H and O–H groups in total. The fourth-order valence-electron chi connectivity index (χ4n) is 2.36. The Morgan fingerprint density at radius 3 is 2.58 bits per heavy atom. The van der Waals surface area contributed by atoms with Crippen LogP contribution in [0.2, 0.25) is 0 Å². The number of carbonyl (C=O) groups is 2. The molecule has 4 nitrogen and oxygen atoms in total. The van der Waals surface area contributed by atoms with Crippen molar-refractivity contribution < 1.29 is 14.7 Å². The van der Waals surface area contributed by atoms with Crippen LogP contribution >= 0.6 is 15.9 Å². The van der Waals surface area contributed by atoms with Crippen LogP contribution < -0.4 is 5.32 Å². The summed E-state index contributed by atoms with van der Waals surface area (Å²) in [5.74, 6) is -1.45. The number of carboxylic acids is 1. The normalized spacial score (nSPS) is 22.2. The Morgan fingerprint density at radius 2 is 2.00 bits per heavy atom. The number of aliphatic carboxylic acids is 1. The van der Waals surface area contributed by atoms with Crippen LogP contribution in [0.5, 0.6) is 0 Å². The van der Waals surface area contributed by atoms with Crippen molar-refractivity contribution in [1.82, 2.24) is 0 Å². The van der Waals surface area contributed by atoms with E-state index in [9.17, 15) is 9.59 Å². The molecule has 0 unspecified atom stereocenters. The largest absolute Gasteiger partial charge is 0.481 e. The lowest BCUT2D eigenvalue weighted by atomic mass is 10.0. The van der Waals surface area contributed by atoms with E-state index in [1.807, 2.05) is 25.1 Å². The summed E-state index contributed by atoms with van der Waals surface area (Å²) in [6, 6.07) is 5.63. The zero-order chi connectivity index (χ0) is 14.0. The van der Waals surface area contributed by atoms with Gasteiger partial charge < -0.3 is 10.4 Å². The zero-order valence-corrected chi connectivity index (χ0v) is 12.2. The number of halogens is 1. The number of hydrogen-bond acceptors (Lipinski definition) is 2. The molecule has 0 spiro atoms. The van der Waals surface area contributed by atoms with Crippen LogP contribution in [-0.2, 0) is 9.59 Å². The van der Waals surface area contributed by atoms with Crippen LogP contribution in [0.25, 0.3) is 0 Å². The molecule has 1 aromatic rings. The number of rotatable bonds is 3. The van der Waals surface area contributed by atoms with Crippen LogP contribution in [0.3, 0.4) is 0 Å². The second kappa shape index (κ2) is 5.74. The van der Waals surface area contributed by atoms with E-state index in [4.69, 9.17) is 5.11 Å². The van der Waals surface area contributed by atoms with Gasteiger partial charge in [0.25, 0.3) is 0 Å². The van der Waals surface area contributed by atoms with Gasteiger partial charge in [0.2, 0.25) is 5.91 Å². The molecule has 1 saturated carbocycles. The van der Waals surface area contributed by atoms with E-state index in [-0.39, 0.29) is 17.7 Å². The Balaban J connectivity index is 1.98. The number of amides is 1. The van der Waals surface area contributed by atoms with Crippen molar-refractivity contribution in [2.24, 2.45) is 11.8 Å². The molecular formula is C14H16BrNO3. The van der Waals surface area contributed by atoms with Gasteiger partial charge in [0.05, 0.1) is 5.92 Å². The quantitative estimate of drug-likeness (QED) is 0.896. The number of aryl methyl sites for hydroxylation is 1. The fourth-order valence-corrected chi connectivity index (χ4v) is 2.74. The predicted molar refractivity (Wildman–Crippen MR) is 76.0 cm³/mol. The first-order valence-corrected chi connectivity index (χ1v) is 7.06. The summed E-state index contributed by atoms with van der Waals surface area (Å²) in [6.45, 7) is 1.98. The molecular weight excluding hydrogens is 310 g/mol. The van der Waals surface area contributed by atoms with E-state index in [0.717, 1.165) is 15.7 Å². The average Bonchev–Trinajstić information content (AvgIpc) is 2.83. The molecule has 1 aromatic carbocycles. The SMILES string of the molecule is Cc1ccc(NC(=O)[C@@H]2CC[C@H](C(=O)O)C2)cc1Br. The summed E-state index contributed by atoms with van der Waals surface area (Å²) in [5, 5.41) is 11.8. The number of benzene rings is 1. The maximum absolute atomic E-state index is 12.1. The molecule has 2 atom stereocenters. The summed E-state index contributed by atoms with van der Waals surface area (Å²) in [6.07, 6.45) is 1.68. The molecule has 102 valence electrons. The first kappa shape index (κ1) is 14.1. The van der Waals surface area contributed by atoms with Gasteiger partial charge in [-0.1, -0.05) is 22.0 Å².